The molecule has 0 aliphatic heterocycles. The molecule has 2 amide bonds. The molecule has 0 spiro atoms. The molecule has 0 saturated heterocycles. The van der Waals surface area contributed by atoms with Crippen molar-refractivity contribution >= 4 is 41.0 Å². The van der Waals surface area contributed by atoms with Crippen LogP contribution in [0, 0.1) is 0 Å². The summed E-state index contributed by atoms with van der Waals surface area (Å²) < 4.78 is 4.87. The topological polar surface area (TPSA) is 75.7 Å². The summed E-state index contributed by atoms with van der Waals surface area (Å²) in [5.41, 5.74) is 0.446. The number of ether oxygens (including phenoxy) is 1. The second-order valence-electron chi connectivity index (χ2n) is 4.46. The van der Waals surface area contributed by atoms with Crippen molar-refractivity contribution in [3.8, 4) is 0 Å². The van der Waals surface area contributed by atoms with Crippen LogP contribution in [0.4, 0.5) is 0 Å². The van der Waals surface area contributed by atoms with Crippen molar-refractivity contribution < 1.29 is 19.1 Å². The van der Waals surface area contributed by atoms with Crippen LogP contribution in [0.2, 0.25) is 10.0 Å². The van der Waals surface area contributed by atoms with Gasteiger partial charge >= 0.3 is 5.97 Å². The number of nitrogens with one attached hydrogen (secondary N) is 1. The highest BCUT2D eigenvalue weighted by molar-refractivity contribution is 6.36. The van der Waals surface area contributed by atoms with E-state index in [4.69, 9.17) is 27.9 Å². The molecule has 1 aromatic rings. The van der Waals surface area contributed by atoms with Gasteiger partial charge in [-0.1, -0.05) is 29.3 Å². The lowest BCUT2D eigenvalue weighted by molar-refractivity contribution is -0.151. The van der Waals surface area contributed by atoms with Crippen molar-refractivity contribution in [2.75, 3.05) is 27.2 Å². The van der Waals surface area contributed by atoms with E-state index in [1.54, 1.807) is 18.2 Å². The zero-order chi connectivity index (χ0) is 16.7. The fourth-order valence-electron chi connectivity index (χ4n) is 1.53. The minimum absolute atomic E-state index is 0.108. The van der Waals surface area contributed by atoms with E-state index in [1.165, 1.54) is 14.1 Å². The third-order valence-corrected chi connectivity index (χ3v) is 3.53. The van der Waals surface area contributed by atoms with Crippen LogP contribution in [0.1, 0.15) is 5.56 Å². The minimum atomic E-state index is -0.628. The molecule has 0 atom stereocenters. The number of carbonyl (C=O) groups excluding carboxylic acids is 3. The smallest absolute Gasteiger partial charge is 0.310 e. The molecule has 0 aliphatic carbocycles. The number of esters is 1. The van der Waals surface area contributed by atoms with Gasteiger partial charge in [-0.3, -0.25) is 14.4 Å². The number of hydrogen-bond acceptors (Lipinski definition) is 4. The zero-order valence-corrected chi connectivity index (χ0v) is 13.7. The van der Waals surface area contributed by atoms with E-state index >= 15 is 0 Å². The number of amides is 2. The Labute approximate surface area is 138 Å². The lowest BCUT2D eigenvalue weighted by atomic mass is 10.1. The second kappa shape index (κ2) is 8.60. The first kappa shape index (κ1) is 18.3. The predicted octanol–water partition coefficient (Wildman–Crippen LogP) is 1.28. The molecule has 0 bridgehead atoms. The Kier molecular flexibility index (Phi) is 7.14. The lowest BCUT2D eigenvalue weighted by Crippen LogP contribution is -2.39. The van der Waals surface area contributed by atoms with Crippen LogP contribution in [-0.2, 0) is 25.5 Å². The van der Waals surface area contributed by atoms with Crippen molar-refractivity contribution in [2.24, 2.45) is 0 Å². The first-order valence-electron chi connectivity index (χ1n) is 6.38. The number of rotatable bonds is 6. The molecule has 22 heavy (non-hydrogen) atoms. The van der Waals surface area contributed by atoms with Gasteiger partial charge in [0, 0.05) is 29.7 Å². The van der Waals surface area contributed by atoms with Crippen LogP contribution in [0.5, 0.6) is 0 Å². The SMILES string of the molecule is CNC(=O)CN(C)C(=O)COC(=O)Cc1c(Cl)cccc1Cl. The molecular weight excluding hydrogens is 331 g/mol. The Morgan fingerprint density at radius 1 is 1.23 bits per heavy atom. The highest BCUT2D eigenvalue weighted by Gasteiger charge is 2.16. The Morgan fingerprint density at radius 2 is 1.82 bits per heavy atom. The average molecular weight is 347 g/mol. The largest absolute Gasteiger partial charge is 0.455 e. The molecule has 120 valence electrons. The molecule has 1 aromatic carbocycles. The first-order valence-corrected chi connectivity index (χ1v) is 7.13. The van der Waals surface area contributed by atoms with Crippen molar-refractivity contribution in [1.29, 1.82) is 0 Å². The molecule has 0 saturated carbocycles. The number of carbonyl (C=O) groups is 3. The summed E-state index contributed by atoms with van der Waals surface area (Å²) in [6, 6.07) is 4.88. The summed E-state index contributed by atoms with van der Waals surface area (Å²) in [5.74, 6) is -1.43. The van der Waals surface area contributed by atoms with Crippen LogP contribution >= 0.6 is 23.2 Å². The van der Waals surface area contributed by atoms with Gasteiger partial charge in [0.2, 0.25) is 5.91 Å². The number of likely N-dealkylation sites (N-methyl/N-ethyl adjacent to an activating group) is 2. The summed E-state index contributed by atoms with van der Waals surface area (Å²) in [6.45, 7) is -0.558. The third kappa shape index (κ3) is 5.54. The second-order valence-corrected chi connectivity index (χ2v) is 5.28. The van der Waals surface area contributed by atoms with E-state index in [0.29, 0.717) is 15.6 Å². The molecule has 0 fully saturated rings. The molecule has 1 rings (SSSR count). The van der Waals surface area contributed by atoms with E-state index in [-0.39, 0.29) is 18.9 Å². The molecule has 8 heteroatoms. The van der Waals surface area contributed by atoms with Gasteiger partial charge in [0.05, 0.1) is 13.0 Å². The molecule has 0 radical (unpaired) electrons. The van der Waals surface area contributed by atoms with Crippen LogP contribution < -0.4 is 5.32 Å². The lowest BCUT2D eigenvalue weighted by Gasteiger charge is -2.16. The normalized spacial score (nSPS) is 10.0. The maximum Gasteiger partial charge on any atom is 0.310 e. The van der Waals surface area contributed by atoms with Gasteiger partial charge in [0.1, 0.15) is 0 Å². The third-order valence-electron chi connectivity index (χ3n) is 2.82. The highest BCUT2D eigenvalue weighted by Crippen LogP contribution is 2.24. The van der Waals surface area contributed by atoms with E-state index in [1.807, 2.05) is 0 Å². The van der Waals surface area contributed by atoms with Gasteiger partial charge in [-0.15, -0.1) is 0 Å². The summed E-state index contributed by atoms with van der Waals surface area (Å²) in [4.78, 5) is 35.7. The Hall–Kier alpha value is -1.79. The maximum atomic E-state index is 11.7. The molecule has 0 aliphatic rings. The van der Waals surface area contributed by atoms with Gasteiger partial charge in [0.15, 0.2) is 6.61 Å². The van der Waals surface area contributed by atoms with Gasteiger partial charge in [-0.25, -0.2) is 0 Å². The van der Waals surface area contributed by atoms with E-state index in [2.05, 4.69) is 5.32 Å². The summed E-state index contributed by atoms with van der Waals surface area (Å²) >= 11 is 11.9. The highest BCUT2D eigenvalue weighted by atomic mass is 35.5. The molecular formula is C14H16Cl2N2O4. The van der Waals surface area contributed by atoms with Gasteiger partial charge in [0.25, 0.3) is 5.91 Å². The monoisotopic (exact) mass is 346 g/mol. The fourth-order valence-corrected chi connectivity index (χ4v) is 2.06. The molecule has 1 N–H and O–H groups in total. The van der Waals surface area contributed by atoms with Crippen molar-refractivity contribution in [3.63, 3.8) is 0 Å². The van der Waals surface area contributed by atoms with Gasteiger partial charge < -0.3 is 15.0 Å². The fraction of sp³-hybridized carbons (Fsp3) is 0.357. The van der Waals surface area contributed by atoms with Crippen LogP contribution in [0.25, 0.3) is 0 Å². The van der Waals surface area contributed by atoms with E-state index in [9.17, 15) is 14.4 Å². The Bertz CT molecular complexity index is 558. The number of nitrogens with zero attached hydrogens (tertiary/aromatic N) is 1. The summed E-state index contributed by atoms with van der Waals surface area (Å²) in [5, 5.41) is 3.10. The number of hydrogen-bond donors (Lipinski definition) is 1. The minimum Gasteiger partial charge on any atom is -0.455 e. The standard InChI is InChI=1S/C14H16Cl2N2O4/c1-17-12(19)7-18(2)13(20)8-22-14(21)6-9-10(15)4-3-5-11(9)16/h3-5H,6-8H2,1-2H3,(H,17,19). The zero-order valence-electron chi connectivity index (χ0n) is 12.2. The van der Waals surface area contributed by atoms with Crippen molar-refractivity contribution in [2.45, 2.75) is 6.42 Å². The molecule has 0 aromatic heterocycles. The van der Waals surface area contributed by atoms with Crippen LogP contribution in [-0.4, -0.2) is 49.9 Å². The first-order chi connectivity index (χ1) is 10.3. The maximum absolute atomic E-state index is 11.7. The van der Waals surface area contributed by atoms with Crippen molar-refractivity contribution in [1.82, 2.24) is 10.2 Å². The van der Waals surface area contributed by atoms with E-state index in [0.717, 1.165) is 4.90 Å². The molecule has 6 nitrogen and oxygen atoms in total. The van der Waals surface area contributed by atoms with Gasteiger partial charge in [-0.05, 0) is 12.1 Å². The van der Waals surface area contributed by atoms with Crippen LogP contribution in [0.3, 0.4) is 0 Å². The number of halogens is 2. The summed E-state index contributed by atoms with van der Waals surface area (Å²) in [6.07, 6.45) is -0.134. The average Bonchev–Trinajstić information content (AvgIpc) is 2.48. The van der Waals surface area contributed by atoms with Crippen molar-refractivity contribution in [3.05, 3.63) is 33.8 Å². The number of benzene rings is 1. The van der Waals surface area contributed by atoms with Gasteiger partial charge in [-0.2, -0.15) is 0 Å². The Morgan fingerprint density at radius 3 is 2.36 bits per heavy atom. The molecule has 0 heterocycles. The quantitative estimate of drug-likeness (QED) is 0.787. The Balaban J connectivity index is 2.49. The van der Waals surface area contributed by atoms with E-state index < -0.39 is 18.5 Å². The predicted molar refractivity (Wildman–Crippen MR) is 82.8 cm³/mol. The molecule has 0 unspecified atom stereocenters. The van der Waals surface area contributed by atoms with Crippen LogP contribution in [0.15, 0.2) is 18.2 Å². The summed E-state index contributed by atoms with van der Waals surface area (Å²) in [7, 11) is 2.91.